The molecule has 1 fully saturated rings. The Kier molecular flexibility index (Phi) is 5.65. The summed E-state index contributed by atoms with van der Waals surface area (Å²) < 4.78 is 7.29. The van der Waals surface area contributed by atoms with E-state index in [1.807, 2.05) is 13.8 Å². The second-order valence-corrected chi connectivity index (χ2v) is 7.25. The predicted molar refractivity (Wildman–Crippen MR) is 106 cm³/mol. The molecule has 1 N–H and O–H groups in total. The van der Waals surface area contributed by atoms with Crippen LogP contribution in [-0.4, -0.2) is 52.4 Å². The van der Waals surface area contributed by atoms with Gasteiger partial charge in [0.25, 0.3) is 11.8 Å². The summed E-state index contributed by atoms with van der Waals surface area (Å²) >= 11 is 0. The van der Waals surface area contributed by atoms with Gasteiger partial charge in [0, 0.05) is 31.9 Å². The van der Waals surface area contributed by atoms with Crippen molar-refractivity contribution in [3.63, 3.8) is 0 Å². The maximum absolute atomic E-state index is 13.1. The molecule has 2 heterocycles. The molecule has 148 valence electrons. The summed E-state index contributed by atoms with van der Waals surface area (Å²) in [6.45, 7) is 6.34. The molecule has 3 rings (SSSR count). The van der Waals surface area contributed by atoms with Crippen LogP contribution in [0, 0.1) is 0 Å². The van der Waals surface area contributed by atoms with Crippen molar-refractivity contribution in [1.29, 1.82) is 0 Å². The van der Waals surface area contributed by atoms with E-state index in [4.69, 9.17) is 4.74 Å². The lowest BCUT2D eigenvalue weighted by Gasteiger charge is -2.35. The first-order valence-electron chi connectivity index (χ1n) is 9.28. The fraction of sp³-hybridized carbons (Fsp3) is 0.381. The van der Waals surface area contributed by atoms with Gasteiger partial charge in [-0.25, -0.2) is 0 Å². The van der Waals surface area contributed by atoms with E-state index in [1.54, 1.807) is 53.0 Å². The number of para-hydroxylation sites is 1. The largest absolute Gasteiger partial charge is 0.372 e. The summed E-state index contributed by atoms with van der Waals surface area (Å²) in [5.74, 6) is -0.631. The molecule has 2 amide bonds. The number of rotatable bonds is 4. The van der Waals surface area contributed by atoms with Crippen LogP contribution in [0.1, 0.15) is 52.0 Å². The second kappa shape index (κ2) is 7.98. The average Bonchev–Trinajstić information content (AvgIpc) is 3.03. The van der Waals surface area contributed by atoms with Crippen molar-refractivity contribution >= 4 is 23.3 Å². The topological polar surface area (TPSA) is 80.6 Å². The third kappa shape index (κ3) is 4.14. The van der Waals surface area contributed by atoms with Crippen molar-refractivity contribution in [3.8, 4) is 0 Å². The Morgan fingerprint density at radius 1 is 1.11 bits per heavy atom. The van der Waals surface area contributed by atoms with Crippen molar-refractivity contribution in [2.24, 2.45) is 7.05 Å². The molecule has 7 heteroatoms. The Morgan fingerprint density at radius 2 is 1.75 bits per heavy atom. The third-order valence-corrected chi connectivity index (χ3v) is 4.76. The van der Waals surface area contributed by atoms with Crippen LogP contribution in [0.5, 0.6) is 0 Å². The number of amides is 2. The van der Waals surface area contributed by atoms with Crippen LogP contribution in [0.3, 0.4) is 0 Å². The molecule has 1 aromatic carbocycles. The number of hydrogen-bond acceptors (Lipinski definition) is 4. The van der Waals surface area contributed by atoms with E-state index in [1.165, 1.54) is 6.92 Å². The Bertz CT molecular complexity index is 908. The molecule has 7 nitrogen and oxygen atoms in total. The number of aromatic nitrogens is 1. The van der Waals surface area contributed by atoms with Crippen molar-refractivity contribution in [1.82, 2.24) is 9.47 Å². The highest BCUT2D eigenvalue weighted by Gasteiger charge is 2.28. The zero-order valence-electron chi connectivity index (χ0n) is 16.6. The number of nitrogens with one attached hydrogen (secondary N) is 1. The zero-order valence-corrected chi connectivity index (χ0v) is 16.6. The number of carbonyl (C=O) groups excluding carboxylic acids is 3. The van der Waals surface area contributed by atoms with E-state index in [-0.39, 0.29) is 29.8 Å². The lowest BCUT2D eigenvalue weighted by atomic mass is 10.1. The molecule has 0 radical (unpaired) electrons. The van der Waals surface area contributed by atoms with Gasteiger partial charge in [0.05, 0.1) is 23.5 Å². The highest BCUT2D eigenvalue weighted by molar-refractivity contribution is 6.09. The molecule has 2 aromatic rings. The number of benzene rings is 1. The normalized spacial score (nSPS) is 19.4. The van der Waals surface area contributed by atoms with Gasteiger partial charge < -0.3 is 19.5 Å². The predicted octanol–water partition coefficient (Wildman–Crippen LogP) is 2.73. The molecule has 2 atom stereocenters. The van der Waals surface area contributed by atoms with E-state index >= 15 is 0 Å². The van der Waals surface area contributed by atoms with E-state index in [0.29, 0.717) is 35.6 Å². The minimum absolute atomic E-state index is 0.0391. The smallest absolute Gasteiger partial charge is 0.272 e. The van der Waals surface area contributed by atoms with Crippen molar-refractivity contribution < 1.29 is 19.1 Å². The number of hydrogen-bond donors (Lipinski definition) is 1. The number of anilines is 1. The third-order valence-electron chi connectivity index (χ3n) is 4.76. The number of Topliss-reactive ketones (excluding diaryl/α,β-unsaturated/α-hetero) is 1. The Balaban J connectivity index is 1.83. The first-order chi connectivity index (χ1) is 13.3. The van der Waals surface area contributed by atoms with Crippen LogP contribution >= 0.6 is 0 Å². The van der Waals surface area contributed by atoms with Crippen LogP contribution in [0.4, 0.5) is 5.69 Å². The molecule has 28 heavy (non-hydrogen) atoms. The van der Waals surface area contributed by atoms with E-state index in [9.17, 15) is 14.4 Å². The summed E-state index contributed by atoms with van der Waals surface area (Å²) in [7, 11) is 1.70. The maximum atomic E-state index is 13.1. The van der Waals surface area contributed by atoms with Crippen molar-refractivity contribution in [3.05, 3.63) is 53.3 Å². The standard InChI is InChI=1S/C21H25N3O4/c1-13-10-24(11-14(2)28-13)21(27)17-7-5-6-8-18(17)22-20(26)19-9-16(15(3)25)12-23(19)4/h5-9,12-14H,10-11H2,1-4H3,(H,22,26)/t13-,14+. The van der Waals surface area contributed by atoms with Crippen LogP contribution in [0.15, 0.2) is 36.5 Å². The molecule has 1 aliphatic heterocycles. The maximum Gasteiger partial charge on any atom is 0.272 e. The van der Waals surface area contributed by atoms with Gasteiger partial charge in [0.2, 0.25) is 0 Å². The van der Waals surface area contributed by atoms with Gasteiger partial charge >= 0.3 is 0 Å². The zero-order chi connectivity index (χ0) is 20.4. The summed E-state index contributed by atoms with van der Waals surface area (Å²) in [5, 5.41) is 2.81. The van der Waals surface area contributed by atoms with Crippen LogP contribution in [-0.2, 0) is 11.8 Å². The first kappa shape index (κ1) is 19.8. The lowest BCUT2D eigenvalue weighted by Crippen LogP contribution is -2.48. The van der Waals surface area contributed by atoms with E-state index in [2.05, 4.69) is 5.32 Å². The molecule has 1 aliphatic rings. The molecule has 0 bridgehead atoms. The second-order valence-electron chi connectivity index (χ2n) is 7.25. The summed E-state index contributed by atoms with van der Waals surface area (Å²) in [6, 6.07) is 8.49. The van der Waals surface area contributed by atoms with Crippen LogP contribution in [0.2, 0.25) is 0 Å². The number of aryl methyl sites for hydroxylation is 1. The number of ketones is 1. The number of morpholine rings is 1. The Morgan fingerprint density at radius 3 is 2.36 bits per heavy atom. The highest BCUT2D eigenvalue weighted by Crippen LogP contribution is 2.21. The molecule has 0 saturated carbocycles. The highest BCUT2D eigenvalue weighted by atomic mass is 16.5. The quantitative estimate of drug-likeness (QED) is 0.823. The molecule has 1 aromatic heterocycles. The number of carbonyl (C=O) groups is 3. The van der Waals surface area contributed by atoms with E-state index < -0.39 is 0 Å². The van der Waals surface area contributed by atoms with Gasteiger partial charge in [-0.3, -0.25) is 14.4 Å². The molecule has 0 aliphatic carbocycles. The Hall–Kier alpha value is -2.93. The first-order valence-corrected chi connectivity index (χ1v) is 9.28. The molecular weight excluding hydrogens is 358 g/mol. The fourth-order valence-electron chi connectivity index (χ4n) is 3.46. The van der Waals surface area contributed by atoms with E-state index in [0.717, 1.165) is 0 Å². The molecule has 1 saturated heterocycles. The van der Waals surface area contributed by atoms with Gasteiger partial charge in [-0.15, -0.1) is 0 Å². The van der Waals surface area contributed by atoms with Gasteiger partial charge in [0.1, 0.15) is 5.69 Å². The molecule has 0 unspecified atom stereocenters. The molecular formula is C21H25N3O4. The van der Waals surface area contributed by atoms with Crippen LogP contribution < -0.4 is 5.32 Å². The lowest BCUT2D eigenvalue weighted by molar-refractivity contribution is -0.0585. The molecule has 0 spiro atoms. The number of nitrogens with zero attached hydrogens (tertiary/aromatic N) is 2. The van der Waals surface area contributed by atoms with Crippen molar-refractivity contribution in [2.75, 3.05) is 18.4 Å². The number of ether oxygens (including phenoxy) is 1. The van der Waals surface area contributed by atoms with Gasteiger partial charge in [-0.2, -0.15) is 0 Å². The SMILES string of the molecule is CC(=O)c1cc(C(=O)Nc2ccccc2C(=O)N2C[C@@H](C)O[C@@H](C)C2)n(C)c1. The summed E-state index contributed by atoms with van der Waals surface area (Å²) in [6.07, 6.45) is 1.54. The minimum Gasteiger partial charge on any atom is -0.372 e. The van der Waals surface area contributed by atoms with Crippen molar-refractivity contribution in [2.45, 2.75) is 33.0 Å². The Labute approximate surface area is 164 Å². The van der Waals surface area contributed by atoms with Gasteiger partial charge in [-0.05, 0) is 39.0 Å². The fourth-order valence-corrected chi connectivity index (χ4v) is 3.46. The van der Waals surface area contributed by atoms with Gasteiger partial charge in [0.15, 0.2) is 5.78 Å². The monoisotopic (exact) mass is 383 g/mol. The summed E-state index contributed by atoms with van der Waals surface area (Å²) in [4.78, 5) is 39.1. The summed E-state index contributed by atoms with van der Waals surface area (Å²) in [5.41, 5.74) is 1.68. The van der Waals surface area contributed by atoms with Gasteiger partial charge in [-0.1, -0.05) is 12.1 Å². The van der Waals surface area contributed by atoms with Crippen LogP contribution in [0.25, 0.3) is 0 Å². The minimum atomic E-state index is -0.376. The average molecular weight is 383 g/mol.